The van der Waals surface area contributed by atoms with Gasteiger partial charge in [0.15, 0.2) is 11.0 Å². The van der Waals surface area contributed by atoms with E-state index in [0.717, 1.165) is 32.0 Å². The third kappa shape index (κ3) is 4.61. The van der Waals surface area contributed by atoms with Crippen LogP contribution in [0.3, 0.4) is 0 Å². The third-order valence-electron chi connectivity index (χ3n) is 4.86. The van der Waals surface area contributed by atoms with Crippen molar-refractivity contribution in [3.05, 3.63) is 61.7 Å². The van der Waals surface area contributed by atoms with Crippen LogP contribution < -0.4 is 10.1 Å². The van der Waals surface area contributed by atoms with Crippen LogP contribution in [0.5, 0.6) is 5.88 Å². The summed E-state index contributed by atoms with van der Waals surface area (Å²) in [5.74, 6) is 0.703. The molecule has 166 valence electrons. The molecule has 32 heavy (non-hydrogen) atoms. The number of methoxy groups -OCH3 is 2. The summed E-state index contributed by atoms with van der Waals surface area (Å²) < 4.78 is 10.6. The molecule has 0 unspecified atom stereocenters. The molecule has 7 nitrogen and oxygen atoms in total. The molecule has 10 heteroatoms. The summed E-state index contributed by atoms with van der Waals surface area (Å²) in [5, 5.41) is 4.92. The van der Waals surface area contributed by atoms with Gasteiger partial charge in [0.05, 0.1) is 17.4 Å². The fraction of sp³-hybridized carbons (Fsp3) is 0.273. The van der Waals surface area contributed by atoms with Crippen molar-refractivity contribution in [3.8, 4) is 5.88 Å². The fourth-order valence-electron chi connectivity index (χ4n) is 3.25. The van der Waals surface area contributed by atoms with Gasteiger partial charge in [-0.3, -0.25) is 10.1 Å². The minimum absolute atomic E-state index is 0.236. The van der Waals surface area contributed by atoms with E-state index in [1.807, 2.05) is 32.0 Å². The summed E-state index contributed by atoms with van der Waals surface area (Å²) in [6.07, 6.45) is 2.47. The Morgan fingerprint density at radius 2 is 2.00 bits per heavy atom. The number of carbonyl (C=O) groups is 1. The minimum Gasteiger partial charge on any atom is -0.480 e. The van der Waals surface area contributed by atoms with Crippen molar-refractivity contribution in [2.45, 2.75) is 26.9 Å². The predicted octanol–water partition coefficient (Wildman–Crippen LogP) is 5.42. The highest BCUT2D eigenvalue weighted by Gasteiger charge is 2.22. The van der Waals surface area contributed by atoms with Gasteiger partial charge in [-0.2, -0.15) is 4.98 Å². The number of halogens is 1. The lowest BCUT2D eigenvalue weighted by molar-refractivity contribution is 0.103. The molecule has 0 bridgehead atoms. The number of nitrogens with zero attached hydrogens (tertiary/aromatic N) is 3. The lowest BCUT2D eigenvalue weighted by Gasteiger charge is -2.05. The number of fused-ring (bicyclic) bond motifs is 1. The first-order chi connectivity index (χ1) is 15.4. The lowest BCUT2D eigenvalue weighted by Crippen LogP contribution is -2.11. The second-order valence-corrected chi connectivity index (χ2v) is 9.69. The van der Waals surface area contributed by atoms with Crippen molar-refractivity contribution >= 4 is 55.5 Å². The van der Waals surface area contributed by atoms with Gasteiger partial charge >= 0.3 is 0 Å². The minimum atomic E-state index is -0.236. The molecule has 3 aromatic heterocycles. The third-order valence-corrected chi connectivity index (χ3v) is 7.37. The van der Waals surface area contributed by atoms with Gasteiger partial charge in [-0.1, -0.05) is 23.7 Å². The summed E-state index contributed by atoms with van der Waals surface area (Å²) in [6, 6.07) is 6.01. The molecule has 0 spiro atoms. The molecule has 1 N–H and O–H groups in total. The number of thiazole rings is 1. The molecule has 0 atom stereocenters. The van der Waals surface area contributed by atoms with E-state index in [4.69, 9.17) is 21.1 Å². The molecule has 0 saturated heterocycles. The van der Waals surface area contributed by atoms with E-state index in [-0.39, 0.29) is 12.5 Å². The fourth-order valence-corrected chi connectivity index (χ4v) is 5.38. The van der Waals surface area contributed by atoms with Crippen LogP contribution in [0.15, 0.2) is 24.4 Å². The molecule has 4 rings (SSSR count). The number of amides is 1. The van der Waals surface area contributed by atoms with E-state index in [2.05, 4.69) is 20.3 Å². The van der Waals surface area contributed by atoms with Crippen molar-refractivity contribution in [2.75, 3.05) is 19.5 Å². The number of benzene rings is 1. The molecule has 0 aliphatic rings. The Hall–Kier alpha value is -2.59. The van der Waals surface area contributed by atoms with Crippen LogP contribution in [-0.2, 0) is 17.8 Å². The molecular formula is C22H21ClN4O3S2. The maximum absolute atomic E-state index is 13.0. The van der Waals surface area contributed by atoms with Crippen molar-refractivity contribution in [1.82, 2.24) is 15.0 Å². The van der Waals surface area contributed by atoms with E-state index in [9.17, 15) is 4.79 Å². The van der Waals surface area contributed by atoms with Gasteiger partial charge in [-0.15, -0.1) is 22.7 Å². The van der Waals surface area contributed by atoms with Crippen LogP contribution in [0.2, 0.25) is 5.02 Å². The lowest BCUT2D eigenvalue weighted by atomic mass is 10.1. The van der Waals surface area contributed by atoms with Crippen molar-refractivity contribution < 1.29 is 14.3 Å². The quantitative estimate of drug-likeness (QED) is 0.374. The Morgan fingerprint density at radius 3 is 2.72 bits per heavy atom. The van der Waals surface area contributed by atoms with E-state index in [1.165, 1.54) is 22.7 Å². The summed E-state index contributed by atoms with van der Waals surface area (Å²) in [5.41, 5.74) is 2.91. The number of anilines is 1. The summed E-state index contributed by atoms with van der Waals surface area (Å²) in [4.78, 5) is 28.5. The zero-order valence-corrected chi connectivity index (χ0v) is 20.4. The molecule has 4 aromatic rings. The van der Waals surface area contributed by atoms with Gasteiger partial charge in [-0.25, -0.2) is 9.97 Å². The summed E-state index contributed by atoms with van der Waals surface area (Å²) >= 11 is 8.96. The van der Waals surface area contributed by atoms with Crippen molar-refractivity contribution in [3.63, 3.8) is 0 Å². The topological polar surface area (TPSA) is 86.2 Å². The SMILES string of the molecule is COCc1nc(OC)c2c(C)c(C(=O)Nc3ncc(Cc4ccc(C)c(Cl)c4)s3)sc2n1. The molecule has 0 fully saturated rings. The summed E-state index contributed by atoms with van der Waals surface area (Å²) in [7, 11) is 3.13. The number of hydrogen-bond acceptors (Lipinski definition) is 8. The largest absolute Gasteiger partial charge is 0.480 e. The van der Waals surface area contributed by atoms with Gasteiger partial charge in [0.2, 0.25) is 5.88 Å². The zero-order chi connectivity index (χ0) is 22.8. The standard InChI is InChI=1S/C22H21ClN4O3S2/c1-11-5-6-13(8-15(11)23)7-14-9-24-22(31-14)27-19(28)18-12(2)17-20(30-4)25-16(10-29-3)26-21(17)32-18/h5-6,8-9H,7,10H2,1-4H3,(H,24,27,28). The molecule has 0 aliphatic carbocycles. The average Bonchev–Trinajstić information content (AvgIpc) is 3.34. The van der Waals surface area contributed by atoms with Crippen molar-refractivity contribution in [2.24, 2.45) is 0 Å². The van der Waals surface area contributed by atoms with Crippen LogP contribution >= 0.6 is 34.3 Å². The van der Waals surface area contributed by atoms with E-state index in [0.29, 0.717) is 33.0 Å². The molecule has 3 heterocycles. The molecule has 0 saturated carbocycles. The van der Waals surface area contributed by atoms with Gasteiger partial charge in [0, 0.05) is 29.6 Å². The van der Waals surface area contributed by atoms with Gasteiger partial charge < -0.3 is 9.47 Å². The Kier molecular flexibility index (Phi) is 6.71. The Bertz CT molecular complexity index is 1300. The number of hydrogen-bond donors (Lipinski definition) is 1. The number of nitrogens with one attached hydrogen (secondary N) is 1. The number of carbonyl (C=O) groups excluding carboxylic acids is 1. The maximum atomic E-state index is 13.0. The highest BCUT2D eigenvalue weighted by molar-refractivity contribution is 7.21. The number of ether oxygens (including phenoxy) is 2. The summed E-state index contributed by atoms with van der Waals surface area (Å²) in [6.45, 7) is 4.10. The van der Waals surface area contributed by atoms with Crippen LogP contribution in [0.1, 0.15) is 37.1 Å². The van der Waals surface area contributed by atoms with E-state index < -0.39 is 0 Å². The maximum Gasteiger partial charge on any atom is 0.267 e. The van der Waals surface area contributed by atoms with Gasteiger partial charge in [-0.05, 0) is 36.6 Å². The van der Waals surface area contributed by atoms with Gasteiger partial charge in [0.1, 0.15) is 11.4 Å². The number of rotatable bonds is 7. The van der Waals surface area contributed by atoms with Crippen LogP contribution in [0.4, 0.5) is 5.13 Å². The predicted molar refractivity (Wildman–Crippen MR) is 128 cm³/mol. The first kappa shape index (κ1) is 22.6. The molecule has 1 aromatic carbocycles. The van der Waals surface area contributed by atoms with Crippen molar-refractivity contribution in [1.29, 1.82) is 0 Å². The highest BCUT2D eigenvalue weighted by atomic mass is 35.5. The van der Waals surface area contributed by atoms with Crippen LogP contribution in [0, 0.1) is 13.8 Å². The molecule has 0 radical (unpaired) electrons. The zero-order valence-electron chi connectivity index (χ0n) is 18.0. The van der Waals surface area contributed by atoms with Crippen LogP contribution in [-0.4, -0.2) is 35.1 Å². The average molecular weight is 489 g/mol. The number of aryl methyl sites for hydroxylation is 2. The Balaban J connectivity index is 1.55. The smallest absolute Gasteiger partial charge is 0.267 e. The first-order valence-corrected chi connectivity index (χ1v) is 11.7. The molecular weight excluding hydrogens is 468 g/mol. The molecule has 0 aliphatic heterocycles. The first-order valence-electron chi connectivity index (χ1n) is 9.73. The second-order valence-electron chi connectivity index (χ2n) is 7.16. The number of thiophene rings is 1. The van der Waals surface area contributed by atoms with Crippen LogP contribution in [0.25, 0.3) is 10.2 Å². The molecule has 1 amide bonds. The monoisotopic (exact) mass is 488 g/mol. The Labute approximate surface area is 198 Å². The van der Waals surface area contributed by atoms with E-state index >= 15 is 0 Å². The Morgan fingerprint density at radius 1 is 1.19 bits per heavy atom. The normalized spacial score (nSPS) is 11.2. The second kappa shape index (κ2) is 9.50. The van der Waals surface area contributed by atoms with E-state index in [1.54, 1.807) is 20.4 Å². The highest BCUT2D eigenvalue weighted by Crippen LogP contribution is 2.35. The number of aromatic nitrogens is 3. The van der Waals surface area contributed by atoms with Gasteiger partial charge in [0.25, 0.3) is 5.91 Å².